The molecule has 2 nitrogen and oxygen atoms in total. The molecule has 4 N–H and O–H groups in total. The van der Waals surface area contributed by atoms with Gasteiger partial charge in [-0.15, -0.1) is 0 Å². The molecule has 0 saturated carbocycles. The van der Waals surface area contributed by atoms with Crippen molar-refractivity contribution >= 4 is 11.4 Å². The number of unbranched alkanes of at least 4 members (excludes halogenated alkanes) is 7. The molecule has 0 fully saturated rings. The Morgan fingerprint density at radius 2 is 1.44 bits per heavy atom. The quantitative estimate of drug-likeness (QED) is 0.498. The van der Waals surface area contributed by atoms with E-state index in [-0.39, 0.29) is 0 Å². The van der Waals surface area contributed by atoms with Crippen molar-refractivity contribution in [2.75, 3.05) is 11.5 Å². The predicted molar refractivity (Wildman–Crippen MR) is 81.6 cm³/mol. The summed E-state index contributed by atoms with van der Waals surface area (Å²) >= 11 is 0. The van der Waals surface area contributed by atoms with Gasteiger partial charge in [0.05, 0.1) is 0 Å². The first-order chi connectivity index (χ1) is 8.74. The number of benzene rings is 1. The summed E-state index contributed by atoms with van der Waals surface area (Å²) < 4.78 is 0. The topological polar surface area (TPSA) is 52.0 Å². The second-order valence-electron chi connectivity index (χ2n) is 5.18. The van der Waals surface area contributed by atoms with E-state index >= 15 is 0 Å². The van der Waals surface area contributed by atoms with Gasteiger partial charge in [0.15, 0.2) is 0 Å². The molecule has 2 heteroatoms. The highest BCUT2D eigenvalue weighted by atomic mass is 14.6. The third-order valence-electron chi connectivity index (χ3n) is 3.47. The number of rotatable bonds is 9. The van der Waals surface area contributed by atoms with Crippen molar-refractivity contribution in [3.8, 4) is 0 Å². The van der Waals surface area contributed by atoms with Crippen molar-refractivity contribution in [1.29, 1.82) is 0 Å². The SMILES string of the molecule is CCCCCCCCCCc1ccc(N)cc1N. The predicted octanol–water partition coefficient (Wildman–Crippen LogP) is 4.53. The van der Waals surface area contributed by atoms with Gasteiger partial charge in [-0.3, -0.25) is 0 Å². The van der Waals surface area contributed by atoms with Crippen molar-refractivity contribution in [2.24, 2.45) is 0 Å². The van der Waals surface area contributed by atoms with E-state index in [1.165, 1.54) is 56.9 Å². The highest BCUT2D eigenvalue weighted by molar-refractivity contribution is 5.56. The molecule has 1 aromatic rings. The van der Waals surface area contributed by atoms with Crippen LogP contribution in [0.3, 0.4) is 0 Å². The van der Waals surface area contributed by atoms with Crippen LogP contribution in [0.1, 0.15) is 63.9 Å². The van der Waals surface area contributed by atoms with Gasteiger partial charge in [0, 0.05) is 11.4 Å². The van der Waals surface area contributed by atoms with Gasteiger partial charge < -0.3 is 11.5 Å². The zero-order chi connectivity index (χ0) is 13.2. The summed E-state index contributed by atoms with van der Waals surface area (Å²) in [5, 5.41) is 0. The van der Waals surface area contributed by atoms with Crippen molar-refractivity contribution < 1.29 is 0 Å². The maximum absolute atomic E-state index is 5.94. The highest BCUT2D eigenvalue weighted by Gasteiger charge is 1.99. The minimum Gasteiger partial charge on any atom is -0.399 e. The zero-order valence-corrected chi connectivity index (χ0v) is 11.8. The van der Waals surface area contributed by atoms with Crippen LogP contribution in [0.5, 0.6) is 0 Å². The highest BCUT2D eigenvalue weighted by Crippen LogP contribution is 2.18. The summed E-state index contributed by atoms with van der Waals surface area (Å²) in [6, 6.07) is 5.86. The Morgan fingerprint density at radius 1 is 0.833 bits per heavy atom. The first kappa shape index (κ1) is 14.9. The van der Waals surface area contributed by atoms with Gasteiger partial charge in [-0.1, -0.05) is 57.9 Å². The number of hydrogen-bond donors (Lipinski definition) is 2. The molecule has 0 aromatic heterocycles. The van der Waals surface area contributed by atoms with Crippen LogP contribution in [-0.4, -0.2) is 0 Å². The van der Waals surface area contributed by atoms with Gasteiger partial charge in [-0.05, 0) is 30.5 Å². The van der Waals surface area contributed by atoms with Gasteiger partial charge in [0.2, 0.25) is 0 Å². The monoisotopic (exact) mass is 248 g/mol. The molecular weight excluding hydrogens is 220 g/mol. The summed E-state index contributed by atoms with van der Waals surface area (Å²) in [7, 11) is 0. The Bertz CT molecular complexity index is 334. The number of aryl methyl sites for hydroxylation is 1. The minimum absolute atomic E-state index is 0.757. The van der Waals surface area contributed by atoms with E-state index in [1.54, 1.807) is 0 Å². The van der Waals surface area contributed by atoms with E-state index in [2.05, 4.69) is 13.0 Å². The lowest BCUT2D eigenvalue weighted by molar-refractivity contribution is 0.575. The number of hydrogen-bond acceptors (Lipinski definition) is 2. The van der Waals surface area contributed by atoms with Gasteiger partial charge >= 0.3 is 0 Å². The van der Waals surface area contributed by atoms with Crippen molar-refractivity contribution in [1.82, 2.24) is 0 Å². The number of nitrogens with two attached hydrogens (primary N) is 2. The third-order valence-corrected chi connectivity index (χ3v) is 3.47. The smallest absolute Gasteiger partial charge is 0.0367 e. The maximum Gasteiger partial charge on any atom is 0.0367 e. The number of nitrogen functional groups attached to an aromatic ring is 2. The molecule has 1 rings (SSSR count). The summed E-state index contributed by atoms with van der Waals surface area (Å²) in [6.07, 6.45) is 11.9. The lowest BCUT2D eigenvalue weighted by atomic mass is 10.0. The Labute approximate surface area is 112 Å². The van der Waals surface area contributed by atoms with Crippen LogP contribution < -0.4 is 11.5 Å². The van der Waals surface area contributed by atoms with E-state index in [1.807, 2.05) is 12.1 Å². The standard InChI is InChI=1S/C16H28N2/c1-2-3-4-5-6-7-8-9-10-14-11-12-15(17)13-16(14)18/h11-13H,2-10,17-18H2,1H3. The molecule has 0 amide bonds. The second-order valence-corrected chi connectivity index (χ2v) is 5.18. The molecule has 102 valence electrons. The Hall–Kier alpha value is -1.18. The van der Waals surface area contributed by atoms with Gasteiger partial charge in [0.1, 0.15) is 0 Å². The molecule has 0 bridgehead atoms. The van der Waals surface area contributed by atoms with Crippen molar-refractivity contribution in [3.05, 3.63) is 23.8 Å². The van der Waals surface area contributed by atoms with Crippen LogP contribution in [0.4, 0.5) is 11.4 Å². The second kappa shape index (κ2) is 8.84. The minimum atomic E-state index is 0.757. The Balaban J connectivity index is 2.07. The fourth-order valence-electron chi connectivity index (χ4n) is 2.29. The van der Waals surface area contributed by atoms with Gasteiger partial charge in [0.25, 0.3) is 0 Å². The molecule has 18 heavy (non-hydrogen) atoms. The molecule has 0 aliphatic carbocycles. The molecule has 1 aromatic carbocycles. The Kier molecular flexibility index (Phi) is 7.31. The van der Waals surface area contributed by atoms with Crippen molar-refractivity contribution in [2.45, 2.75) is 64.7 Å². The van der Waals surface area contributed by atoms with E-state index in [0.717, 1.165) is 17.8 Å². The fraction of sp³-hybridized carbons (Fsp3) is 0.625. The molecule has 0 spiro atoms. The van der Waals surface area contributed by atoms with Crippen LogP contribution in [0.15, 0.2) is 18.2 Å². The van der Waals surface area contributed by atoms with Crippen molar-refractivity contribution in [3.63, 3.8) is 0 Å². The maximum atomic E-state index is 5.94. The zero-order valence-electron chi connectivity index (χ0n) is 11.8. The average Bonchev–Trinajstić information content (AvgIpc) is 2.35. The van der Waals surface area contributed by atoms with E-state index < -0.39 is 0 Å². The third kappa shape index (κ3) is 5.95. The lowest BCUT2D eigenvalue weighted by Crippen LogP contribution is -1.96. The van der Waals surface area contributed by atoms with Crippen LogP contribution in [0.2, 0.25) is 0 Å². The number of anilines is 2. The van der Waals surface area contributed by atoms with Crippen LogP contribution in [-0.2, 0) is 6.42 Å². The van der Waals surface area contributed by atoms with E-state index in [4.69, 9.17) is 11.5 Å². The summed E-state index contributed by atoms with van der Waals surface area (Å²) in [5.41, 5.74) is 14.5. The van der Waals surface area contributed by atoms with Gasteiger partial charge in [-0.25, -0.2) is 0 Å². The summed E-state index contributed by atoms with van der Waals surface area (Å²) in [6.45, 7) is 2.26. The summed E-state index contributed by atoms with van der Waals surface area (Å²) in [5.74, 6) is 0. The Morgan fingerprint density at radius 3 is 2.06 bits per heavy atom. The molecule has 0 radical (unpaired) electrons. The largest absolute Gasteiger partial charge is 0.399 e. The molecule has 0 unspecified atom stereocenters. The molecule has 0 heterocycles. The van der Waals surface area contributed by atoms with E-state index in [9.17, 15) is 0 Å². The first-order valence-electron chi connectivity index (χ1n) is 7.38. The molecule has 0 saturated heterocycles. The average molecular weight is 248 g/mol. The van der Waals surface area contributed by atoms with Crippen LogP contribution in [0, 0.1) is 0 Å². The van der Waals surface area contributed by atoms with Gasteiger partial charge in [-0.2, -0.15) is 0 Å². The lowest BCUT2D eigenvalue weighted by Gasteiger charge is -2.06. The molecule has 0 aliphatic heterocycles. The van der Waals surface area contributed by atoms with Crippen LogP contribution in [0.25, 0.3) is 0 Å². The normalized spacial score (nSPS) is 10.7. The summed E-state index contributed by atoms with van der Waals surface area (Å²) in [4.78, 5) is 0. The molecule has 0 atom stereocenters. The first-order valence-corrected chi connectivity index (χ1v) is 7.38. The molecular formula is C16H28N2. The van der Waals surface area contributed by atoms with E-state index in [0.29, 0.717) is 0 Å². The molecule has 0 aliphatic rings. The van der Waals surface area contributed by atoms with Crippen LogP contribution >= 0.6 is 0 Å². The fourth-order valence-corrected chi connectivity index (χ4v) is 2.29.